The smallest absolute Gasteiger partial charge is 0.242 e. The zero-order valence-electron chi connectivity index (χ0n) is 13.0. The molecule has 122 valence electrons. The molecule has 0 aliphatic carbocycles. The first kappa shape index (κ1) is 17.1. The van der Waals surface area contributed by atoms with Crippen molar-refractivity contribution in [1.82, 2.24) is 0 Å². The van der Waals surface area contributed by atoms with Crippen molar-refractivity contribution in [1.29, 1.82) is 0 Å². The number of carbonyl (C=O) groups is 1. The fourth-order valence-electron chi connectivity index (χ4n) is 2.51. The summed E-state index contributed by atoms with van der Waals surface area (Å²) in [5.74, 6) is 0.348. The van der Waals surface area contributed by atoms with Crippen LogP contribution in [-0.4, -0.2) is 44.9 Å². The highest BCUT2D eigenvalue weighted by Crippen LogP contribution is 2.33. The maximum Gasteiger partial charge on any atom is 0.242 e. The molecule has 1 aromatic carbocycles. The number of ether oxygens (including phenoxy) is 3. The Morgan fingerprint density at radius 3 is 2.73 bits per heavy atom. The first-order valence-corrected chi connectivity index (χ1v) is 8.00. The van der Waals surface area contributed by atoms with Crippen LogP contribution < -0.4 is 9.64 Å². The predicted molar refractivity (Wildman–Crippen MR) is 85.8 cm³/mol. The number of hydrogen-bond acceptors (Lipinski definition) is 4. The van der Waals surface area contributed by atoms with Crippen LogP contribution in [0.4, 0.5) is 5.69 Å². The molecule has 0 atom stereocenters. The maximum atomic E-state index is 12.3. The molecule has 1 heterocycles. The van der Waals surface area contributed by atoms with Crippen LogP contribution in [0.5, 0.6) is 5.75 Å². The third-order valence-corrected chi connectivity index (χ3v) is 3.83. The molecule has 2 rings (SSSR count). The van der Waals surface area contributed by atoms with Gasteiger partial charge in [0.1, 0.15) is 11.6 Å². The van der Waals surface area contributed by atoms with Crippen molar-refractivity contribution in [3.63, 3.8) is 0 Å². The number of carbonyl (C=O) groups excluding carboxylic acids is 1. The predicted octanol–water partition coefficient (Wildman–Crippen LogP) is 2.59. The van der Waals surface area contributed by atoms with E-state index in [1.807, 2.05) is 25.1 Å². The Morgan fingerprint density at radius 1 is 1.41 bits per heavy atom. The van der Waals surface area contributed by atoms with Crippen LogP contribution in [0.15, 0.2) is 18.2 Å². The number of benzene rings is 1. The van der Waals surface area contributed by atoms with Gasteiger partial charge in [-0.15, -0.1) is 11.6 Å². The molecule has 6 heteroatoms. The van der Waals surface area contributed by atoms with Gasteiger partial charge in [0.2, 0.25) is 5.91 Å². The van der Waals surface area contributed by atoms with Gasteiger partial charge >= 0.3 is 0 Å². The summed E-state index contributed by atoms with van der Waals surface area (Å²) in [6.07, 6.45) is 1.22. The van der Waals surface area contributed by atoms with Gasteiger partial charge in [0.25, 0.3) is 0 Å². The van der Waals surface area contributed by atoms with E-state index >= 15 is 0 Å². The summed E-state index contributed by atoms with van der Waals surface area (Å²) in [6.45, 7) is 3.62. The van der Waals surface area contributed by atoms with Crippen molar-refractivity contribution >= 4 is 23.2 Å². The van der Waals surface area contributed by atoms with E-state index < -0.39 is 6.29 Å². The summed E-state index contributed by atoms with van der Waals surface area (Å²) in [7, 11) is 1.59. The van der Waals surface area contributed by atoms with Crippen LogP contribution >= 0.6 is 11.6 Å². The Labute approximate surface area is 136 Å². The zero-order valence-corrected chi connectivity index (χ0v) is 13.8. The number of alkyl halides is 1. The third-order valence-electron chi connectivity index (χ3n) is 3.60. The largest absolute Gasteiger partial charge is 0.495 e. The molecule has 1 aliphatic heterocycles. The number of rotatable bonds is 6. The highest BCUT2D eigenvalue weighted by Gasteiger charge is 2.26. The standard InChI is InChI=1S/C16H22ClNO4/c1-3-12-6-4-7-13(20-2)16(12)18(14(19)10-17)11-15-21-8-5-9-22-15/h4,6-7,15H,3,5,8-11H2,1-2H3. The molecule has 0 unspecified atom stereocenters. The number of anilines is 1. The fraction of sp³-hybridized carbons (Fsp3) is 0.562. The molecule has 5 nitrogen and oxygen atoms in total. The molecule has 0 bridgehead atoms. The van der Waals surface area contributed by atoms with Gasteiger partial charge in [0.15, 0.2) is 6.29 Å². The van der Waals surface area contributed by atoms with Crippen molar-refractivity contribution in [2.45, 2.75) is 26.1 Å². The Morgan fingerprint density at radius 2 is 2.14 bits per heavy atom. The van der Waals surface area contributed by atoms with Crippen molar-refractivity contribution in [2.24, 2.45) is 0 Å². The van der Waals surface area contributed by atoms with Gasteiger partial charge in [-0.05, 0) is 24.5 Å². The van der Waals surface area contributed by atoms with Gasteiger partial charge in [0.05, 0.1) is 32.6 Å². The summed E-state index contributed by atoms with van der Waals surface area (Å²) in [5, 5.41) is 0. The Balaban J connectivity index is 2.34. The molecular weight excluding hydrogens is 306 g/mol. The monoisotopic (exact) mass is 327 g/mol. The summed E-state index contributed by atoms with van der Waals surface area (Å²) in [6, 6.07) is 5.73. The molecule has 22 heavy (non-hydrogen) atoms. The zero-order chi connectivity index (χ0) is 15.9. The van der Waals surface area contributed by atoms with Crippen LogP contribution in [0.2, 0.25) is 0 Å². The molecule has 0 saturated carbocycles. The molecule has 0 spiro atoms. The molecule has 1 saturated heterocycles. The molecule has 1 aromatic rings. The van der Waals surface area contributed by atoms with Crippen molar-refractivity contribution < 1.29 is 19.0 Å². The van der Waals surface area contributed by atoms with Crippen molar-refractivity contribution in [3.05, 3.63) is 23.8 Å². The Bertz CT molecular complexity index is 481. The van der Waals surface area contributed by atoms with Crippen molar-refractivity contribution in [3.8, 4) is 5.75 Å². The van der Waals surface area contributed by atoms with E-state index in [4.69, 9.17) is 25.8 Å². The lowest BCUT2D eigenvalue weighted by Crippen LogP contribution is -2.42. The number of methoxy groups -OCH3 is 1. The number of halogens is 1. The quantitative estimate of drug-likeness (QED) is 0.754. The molecule has 0 radical (unpaired) electrons. The lowest BCUT2D eigenvalue weighted by molar-refractivity contribution is -0.173. The van der Waals surface area contributed by atoms with E-state index in [-0.39, 0.29) is 11.8 Å². The normalized spacial score (nSPS) is 15.6. The van der Waals surface area contributed by atoms with Gasteiger partial charge in [-0.2, -0.15) is 0 Å². The number of nitrogens with zero attached hydrogens (tertiary/aromatic N) is 1. The molecule has 0 N–H and O–H groups in total. The molecule has 1 fully saturated rings. The minimum atomic E-state index is -0.435. The molecular formula is C16H22ClNO4. The average Bonchev–Trinajstić information content (AvgIpc) is 2.59. The van der Waals surface area contributed by atoms with E-state index in [1.165, 1.54) is 0 Å². The van der Waals surface area contributed by atoms with Gasteiger partial charge in [-0.3, -0.25) is 4.79 Å². The summed E-state index contributed by atoms with van der Waals surface area (Å²) in [4.78, 5) is 14.0. The van der Waals surface area contributed by atoms with E-state index in [2.05, 4.69) is 0 Å². The average molecular weight is 328 g/mol. The van der Waals surface area contributed by atoms with Crippen LogP contribution in [0.3, 0.4) is 0 Å². The lowest BCUT2D eigenvalue weighted by atomic mass is 10.1. The second kappa shape index (κ2) is 8.36. The number of amides is 1. The lowest BCUT2D eigenvalue weighted by Gasteiger charge is -2.31. The molecule has 1 aliphatic rings. The molecule has 0 aromatic heterocycles. The van der Waals surface area contributed by atoms with E-state index in [0.29, 0.717) is 25.5 Å². The van der Waals surface area contributed by atoms with Gasteiger partial charge in [-0.25, -0.2) is 0 Å². The third kappa shape index (κ3) is 3.91. The Hall–Kier alpha value is -1.30. The number of para-hydroxylation sites is 1. The molecule has 1 amide bonds. The van der Waals surface area contributed by atoms with Crippen LogP contribution in [0.25, 0.3) is 0 Å². The SMILES string of the molecule is CCc1cccc(OC)c1N(CC1OCCCO1)C(=O)CCl. The van der Waals surface area contributed by atoms with Gasteiger partial charge in [0, 0.05) is 0 Å². The second-order valence-electron chi connectivity index (χ2n) is 4.98. The number of hydrogen-bond donors (Lipinski definition) is 0. The van der Waals surface area contributed by atoms with Crippen molar-refractivity contribution in [2.75, 3.05) is 37.6 Å². The fourth-order valence-corrected chi connectivity index (χ4v) is 2.65. The second-order valence-corrected chi connectivity index (χ2v) is 5.25. The van der Waals surface area contributed by atoms with Crippen LogP contribution in [0, 0.1) is 0 Å². The first-order valence-electron chi connectivity index (χ1n) is 7.46. The van der Waals surface area contributed by atoms with Gasteiger partial charge in [-0.1, -0.05) is 19.1 Å². The number of aryl methyl sites for hydroxylation is 1. The minimum absolute atomic E-state index is 0.103. The summed E-state index contributed by atoms with van der Waals surface area (Å²) >= 11 is 5.79. The Kier molecular flexibility index (Phi) is 6.49. The van der Waals surface area contributed by atoms with E-state index in [9.17, 15) is 4.79 Å². The summed E-state index contributed by atoms with van der Waals surface area (Å²) in [5.41, 5.74) is 1.77. The van der Waals surface area contributed by atoms with Crippen LogP contribution in [-0.2, 0) is 20.7 Å². The maximum absolute atomic E-state index is 12.3. The highest BCUT2D eigenvalue weighted by molar-refractivity contribution is 6.29. The highest BCUT2D eigenvalue weighted by atomic mass is 35.5. The van der Waals surface area contributed by atoms with Crippen LogP contribution in [0.1, 0.15) is 18.9 Å². The first-order chi connectivity index (χ1) is 10.7. The van der Waals surface area contributed by atoms with E-state index in [0.717, 1.165) is 24.1 Å². The van der Waals surface area contributed by atoms with Gasteiger partial charge < -0.3 is 19.1 Å². The minimum Gasteiger partial charge on any atom is -0.495 e. The van der Waals surface area contributed by atoms with E-state index in [1.54, 1.807) is 12.0 Å². The topological polar surface area (TPSA) is 48.0 Å². The summed E-state index contributed by atoms with van der Waals surface area (Å²) < 4.78 is 16.6.